The van der Waals surface area contributed by atoms with Gasteiger partial charge in [-0.25, -0.2) is 22.3 Å². The molecule has 0 aromatic heterocycles. The SMILES string of the molecule is CCCN(O)C(C)=O.[CH2-]C1NC(=O)CNC(=O)CNC(=O)[C@H](CCN(O)C(C)=O)NC(=O)[C@H](CCN(O)C(C)=O)NC(=O)CNC1=O.[CH2-]O.[Fe].[Y]. The standard InChI is InChI=1S/C21H33N8O10.C5H11NO2.CH3O.Fe.Y/c1-11-19(35)23-10-18(34)26-15(5-7-29(39)13(3)31)21(37)27-14(4-6-28(38)12(2)30)20(36)24-8-16(32)22-9-17(33)25-11;1-3-4-6(8)5(2)7;1-2;;/h11,14-15,38-39H,1,4-10H2,2-3H3,(H,22,32)(H,23,35)(H,24,36)(H,25,33)(H,26,34)(H,27,37);8H,3-4H2,1-2H3;2H,1H2;;/q-1;;-1;;/t11?,14-,15-;;;;/m0..../s1. The minimum atomic E-state index is -1.44. The van der Waals surface area contributed by atoms with Gasteiger partial charge in [0, 0.05) is 77.1 Å². The molecular formula is C27H47FeN9O13Y-2. The van der Waals surface area contributed by atoms with E-state index in [4.69, 9.17) is 10.3 Å². The summed E-state index contributed by atoms with van der Waals surface area (Å²) in [5.74, 6) is -6.95. The van der Waals surface area contributed by atoms with Crippen LogP contribution in [-0.4, -0.2) is 146 Å². The molecule has 1 unspecified atom stereocenters. The van der Waals surface area contributed by atoms with Gasteiger partial charge in [0.25, 0.3) is 0 Å². The van der Waals surface area contributed by atoms with Gasteiger partial charge in [-0.15, -0.1) is 0 Å². The normalized spacial score (nSPS) is 18.4. The van der Waals surface area contributed by atoms with Gasteiger partial charge in [0.1, 0.15) is 12.1 Å². The Morgan fingerprint density at radius 3 is 1.43 bits per heavy atom. The Hall–Kier alpha value is -3.31. The number of hydrogen-bond acceptors (Lipinski definition) is 13. The zero-order valence-electron chi connectivity index (χ0n) is 28.7. The molecule has 0 spiro atoms. The number of carbonyl (C=O) groups excluding carboxylic acids is 9. The van der Waals surface area contributed by atoms with Crippen LogP contribution in [0.5, 0.6) is 0 Å². The largest absolute Gasteiger partial charge is 0.569 e. The van der Waals surface area contributed by atoms with Crippen LogP contribution in [0.1, 0.15) is 47.0 Å². The van der Waals surface area contributed by atoms with E-state index in [9.17, 15) is 53.6 Å². The molecule has 10 N–H and O–H groups in total. The van der Waals surface area contributed by atoms with Gasteiger partial charge >= 0.3 is 0 Å². The third kappa shape index (κ3) is 25.3. The summed E-state index contributed by atoms with van der Waals surface area (Å²) in [4.78, 5) is 107. The topological polar surface area (TPSA) is 316 Å². The van der Waals surface area contributed by atoms with E-state index >= 15 is 0 Å². The molecule has 24 heteroatoms. The maximum atomic E-state index is 13.0. The second-order valence-corrected chi connectivity index (χ2v) is 10.0. The van der Waals surface area contributed by atoms with Crippen LogP contribution in [0.4, 0.5) is 0 Å². The number of aliphatic hydroxyl groups is 1. The number of carbonyl (C=O) groups is 9. The molecule has 3 atom stereocenters. The zero-order chi connectivity index (χ0) is 38.3. The molecule has 22 nitrogen and oxygen atoms in total. The van der Waals surface area contributed by atoms with Crippen molar-refractivity contribution < 1.29 is 114 Å². The number of nitrogens with zero attached hydrogens (tertiary/aromatic N) is 3. The van der Waals surface area contributed by atoms with Gasteiger partial charge in [-0.1, -0.05) is 6.92 Å². The van der Waals surface area contributed by atoms with Gasteiger partial charge < -0.3 is 43.9 Å². The Morgan fingerprint density at radius 1 is 0.627 bits per heavy atom. The fourth-order valence-corrected chi connectivity index (χ4v) is 3.38. The maximum Gasteiger partial charge on any atom is 0.243 e. The van der Waals surface area contributed by atoms with Crippen molar-refractivity contribution in [3.63, 3.8) is 0 Å². The number of hydrogen-bond donors (Lipinski definition) is 10. The second-order valence-electron chi connectivity index (χ2n) is 10.0. The molecule has 0 saturated carbocycles. The molecule has 0 aliphatic carbocycles. The van der Waals surface area contributed by atoms with Crippen molar-refractivity contribution in [3.05, 3.63) is 14.0 Å². The van der Waals surface area contributed by atoms with Gasteiger partial charge in [0.05, 0.1) is 32.7 Å². The van der Waals surface area contributed by atoms with Crippen molar-refractivity contribution >= 4 is 53.2 Å². The van der Waals surface area contributed by atoms with E-state index < -0.39 is 98.1 Å². The minimum absolute atomic E-state index is 0. The van der Waals surface area contributed by atoms with Crippen LogP contribution in [0.25, 0.3) is 0 Å². The first-order valence-corrected chi connectivity index (χ1v) is 14.7. The molecule has 1 aliphatic rings. The first kappa shape index (κ1) is 54.5. The van der Waals surface area contributed by atoms with E-state index in [2.05, 4.69) is 45.9 Å². The quantitative estimate of drug-likeness (QED) is 0.0479. The molecule has 0 aromatic rings. The average molecular weight is 850 g/mol. The summed E-state index contributed by atoms with van der Waals surface area (Å²) in [5, 5.41) is 49.5. The number of rotatable bonds is 8. The number of aliphatic hydroxyl groups excluding tert-OH is 1. The minimum Gasteiger partial charge on any atom is -0.569 e. The number of amides is 9. The van der Waals surface area contributed by atoms with E-state index in [-0.39, 0.29) is 68.5 Å². The molecule has 0 bridgehead atoms. The molecule has 1 radical (unpaired) electrons. The Labute approximate surface area is 330 Å². The smallest absolute Gasteiger partial charge is 0.243 e. The van der Waals surface area contributed by atoms with Crippen molar-refractivity contribution in [2.45, 2.75) is 65.1 Å². The van der Waals surface area contributed by atoms with E-state index in [0.29, 0.717) is 21.7 Å². The fourth-order valence-electron chi connectivity index (χ4n) is 3.38. The first-order chi connectivity index (χ1) is 22.9. The van der Waals surface area contributed by atoms with E-state index in [1.807, 2.05) is 6.92 Å². The second kappa shape index (κ2) is 30.3. The van der Waals surface area contributed by atoms with Crippen LogP contribution in [-0.2, 0) is 92.9 Å². The molecule has 1 heterocycles. The van der Waals surface area contributed by atoms with Gasteiger partial charge in [-0.05, 0) is 25.3 Å². The van der Waals surface area contributed by atoms with Crippen LogP contribution >= 0.6 is 0 Å². The van der Waals surface area contributed by atoms with E-state index in [1.165, 1.54) is 6.92 Å². The number of nitrogens with one attached hydrogen (secondary N) is 6. The van der Waals surface area contributed by atoms with E-state index in [0.717, 1.165) is 20.3 Å². The molecule has 9 amide bonds. The van der Waals surface area contributed by atoms with Gasteiger partial charge in [0.2, 0.25) is 53.2 Å². The molecule has 1 aliphatic heterocycles. The number of hydroxylamine groups is 6. The molecule has 291 valence electrons. The molecule has 51 heavy (non-hydrogen) atoms. The Bertz CT molecular complexity index is 1170. The summed E-state index contributed by atoms with van der Waals surface area (Å²) in [6, 6.07) is -4.19. The van der Waals surface area contributed by atoms with Crippen molar-refractivity contribution in [2.24, 2.45) is 0 Å². The summed E-state index contributed by atoms with van der Waals surface area (Å²) in [7, 11) is 2.25. The average Bonchev–Trinajstić information content (AvgIpc) is 3.05. The van der Waals surface area contributed by atoms with Crippen molar-refractivity contribution in [3.8, 4) is 0 Å². The summed E-state index contributed by atoms with van der Waals surface area (Å²) < 4.78 is 0. The summed E-state index contributed by atoms with van der Waals surface area (Å²) in [6.45, 7) is 6.56. The van der Waals surface area contributed by atoms with Crippen LogP contribution in [0.3, 0.4) is 0 Å². The molecule has 1 fully saturated rings. The summed E-state index contributed by atoms with van der Waals surface area (Å²) >= 11 is 0. The fraction of sp³-hybridized carbons (Fsp3) is 0.593. The monoisotopic (exact) mass is 850 g/mol. The van der Waals surface area contributed by atoms with Gasteiger partial charge in [-0.3, -0.25) is 58.8 Å². The first-order valence-electron chi connectivity index (χ1n) is 14.7. The molecular weight excluding hydrogens is 803 g/mol. The zero-order valence-corrected chi connectivity index (χ0v) is 32.7. The predicted molar refractivity (Wildman–Crippen MR) is 165 cm³/mol. The Balaban J connectivity index is -0.000000807. The van der Waals surface area contributed by atoms with Gasteiger partial charge in [0.15, 0.2) is 0 Å². The third-order valence-corrected chi connectivity index (χ3v) is 6.01. The van der Waals surface area contributed by atoms with Crippen LogP contribution in [0.15, 0.2) is 0 Å². The summed E-state index contributed by atoms with van der Waals surface area (Å²) in [5.41, 5.74) is 0. The van der Waals surface area contributed by atoms with Crippen LogP contribution < -0.4 is 31.9 Å². The molecule has 1 rings (SSSR count). The molecule has 0 aromatic carbocycles. The van der Waals surface area contributed by atoms with Crippen molar-refractivity contribution in [1.29, 1.82) is 0 Å². The van der Waals surface area contributed by atoms with E-state index in [1.54, 1.807) is 0 Å². The third-order valence-electron chi connectivity index (χ3n) is 6.01. The van der Waals surface area contributed by atoms with Crippen molar-refractivity contribution in [1.82, 2.24) is 47.1 Å². The molecule has 1 saturated heterocycles. The predicted octanol–water partition coefficient (Wildman–Crippen LogP) is -4.33. The van der Waals surface area contributed by atoms with Crippen LogP contribution in [0.2, 0.25) is 0 Å². The maximum absolute atomic E-state index is 13.0. The Kier molecular flexibility index (Phi) is 32.4. The van der Waals surface area contributed by atoms with Crippen molar-refractivity contribution in [2.75, 3.05) is 39.3 Å². The van der Waals surface area contributed by atoms with Gasteiger partial charge in [-0.2, -0.15) is 0 Å². The van der Waals surface area contributed by atoms with Crippen LogP contribution in [0, 0.1) is 14.0 Å². The summed E-state index contributed by atoms with van der Waals surface area (Å²) in [6.07, 6.45) is 0.140. The Morgan fingerprint density at radius 2 is 1.00 bits per heavy atom.